The van der Waals surface area contributed by atoms with Crippen molar-refractivity contribution >= 4 is 10.9 Å². The molecular weight excluding hydrogens is 266 g/mol. The van der Waals surface area contributed by atoms with Crippen LogP contribution in [0.15, 0.2) is 12.1 Å². The maximum absolute atomic E-state index is 9.93. The van der Waals surface area contributed by atoms with Crippen LogP contribution in [0, 0.1) is 6.92 Å². The molecule has 1 aromatic carbocycles. The average Bonchev–Trinajstić information content (AvgIpc) is 3.08. The van der Waals surface area contributed by atoms with Crippen LogP contribution in [0.5, 0.6) is 5.75 Å². The lowest BCUT2D eigenvalue weighted by Gasteiger charge is -2.23. The number of hydrogen-bond acceptors (Lipinski definition) is 4. The van der Waals surface area contributed by atoms with E-state index in [1.165, 1.54) is 18.2 Å². The van der Waals surface area contributed by atoms with E-state index in [9.17, 15) is 5.11 Å². The van der Waals surface area contributed by atoms with Crippen LogP contribution in [0.3, 0.4) is 0 Å². The normalized spacial score (nSPS) is 25.0. The van der Waals surface area contributed by atoms with Crippen LogP contribution in [0.1, 0.15) is 24.1 Å². The molecule has 0 spiro atoms. The first-order valence-electron chi connectivity index (χ1n) is 7.75. The topological polar surface area (TPSA) is 59.3 Å². The zero-order valence-corrected chi connectivity index (χ0v) is 12.3. The molecule has 0 amide bonds. The zero-order valence-electron chi connectivity index (χ0n) is 12.3. The largest absolute Gasteiger partial charge is 0.491 e. The molecule has 1 aromatic heterocycles. The Morgan fingerprint density at radius 2 is 2.38 bits per heavy atom. The standard InChI is InChI=1S/C16H21N3O2/c1-10-13-4-5-15-14(7-12(20)9-21-15)16(13)19(18-10)8-11-3-2-6-17-11/h4-5,11-12,17,20H,2-3,6-9H2,1H3. The summed E-state index contributed by atoms with van der Waals surface area (Å²) in [6, 6.07) is 4.60. The third-order valence-electron chi connectivity index (χ3n) is 4.59. The van der Waals surface area contributed by atoms with E-state index < -0.39 is 6.10 Å². The molecule has 0 radical (unpaired) electrons. The van der Waals surface area contributed by atoms with Gasteiger partial charge in [-0.05, 0) is 38.4 Å². The van der Waals surface area contributed by atoms with Gasteiger partial charge in [-0.1, -0.05) is 0 Å². The van der Waals surface area contributed by atoms with Gasteiger partial charge in [0.25, 0.3) is 0 Å². The smallest absolute Gasteiger partial charge is 0.124 e. The Hall–Kier alpha value is -1.59. The summed E-state index contributed by atoms with van der Waals surface area (Å²) in [6.45, 7) is 4.42. The predicted octanol–water partition coefficient (Wildman–Crippen LogP) is 1.39. The third-order valence-corrected chi connectivity index (χ3v) is 4.59. The van der Waals surface area contributed by atoms with Gasteiger partial charge in [0.15, 0.2) is 0 Å². The van der Waals surface area contributed by atoms with Crippen molar-refractivity contribution in [3.63, 3.8) is 0 Å². The van der Waals surface area contributed by atoms with Crippen molar-refractivity contribution in [3.8, 4) is 5.75 Å². The molecule has 21 heavy (non-hydrogen) atoms. The summed E-state index contributed by atoms with van der Waals surface area (Å²) in [5.41, 5.74) is 3.29. The van der Waals surface area contributed by atoms with Crippen LogP contribution in [-0.4, -0.2) is 40.2 Å². The summed E-state index contributed by atoms with van der Waals surface area (Å²) in [5, 5.41) is 19.4. The SMILES string of the molecule is Cc1nn(CC2CCCN2)c2c3c(ccc12)OCC(O)C3. The first-order chi connectivity index (χ1) is 10.2. The number of hydrogen-bond donors (Lipinski definition) is 2. The van der Waals surface area contributed by atoms with E-state index in [4.69, 9.17) is 9.84 Å². The van der Waals surface area contributed by atoms with Crippen LogP contribution in [0.4, 0.5) is 0 Å². The zero-order chi connectivity index (χ0) is 14.4. The van der Waals surface area contributed by atoms with Gasteiger partial charge >= 0.3 is 0 Å². The van der Waals surface area contributed by atoms with Gasteiger partial charge in [-0.2, -0.15) is 5.10 Å². The summed E-state index contributed by atoms with van der Waals surface area (Å²) in [6.07, 6.45) is 2.67. The number of nitrogens with one attached hydrogen (secondary N) is 1. The molecule has 2 unspecified atom stereocenters. The second-order valence-electron chi connectivity index (χ2n) is 6.17. The molecule has 2 atom stereocenters. The molecule has 0 saturated carbocycles. The van der Waals surface area contributed by atoms with Crippen LogP contribution >= 0.6 is 0 Å². The highest BCUT2D eigenvalue weighted by atomic mass is 16.5. The minimum absolute atomic E-state index is 0.385. The van der Waals surface area contributed by atoms with Gasteiger partial charge in [-0.3, -0.25) is 4.68 Å². The van der Waals surface area contributed by atoms with E-state index in [-0.39, 0.29) is 0 Å². The molecular formula is C16H21N3O2. The fourth-order valence-electron chi connectivity index (χ4n) is 3.56. The monoisotopic (exact) mass is 287 g/mol. The number of aromatic nitrogens is 2. The number of fused-ring (bicyclic) bond motifs is 3. The maximum Gasteiger partial charge on any atom is 0.124 e. The molecule has 112 valence electrons. The molecule has 5 heteroatoms. The minimum Gasteiger partial charge on any atom is -0.491 e. The van der Waals surface area contributed by atoms with Gasteiger partial charge in [0, 0.05) is 23.4 Å². The summed E-state index contributed by atoms with van der Waals surface area (Å²) in [7, 11) is 0. The van der Waals surface area contributed by atoms with Gasteiger partial charge < -0.3 is 15.2 Å². The fraction of sp³-hybridized carbons (Fsp3) is 0.562. The third kappa shape index (κ3) is 2.21. The van der Waals surface area contributed by atoms with Crippen molar-refractivity contribution in [1.29, 1.82) is 0 Å². The number of rotatable bonds is 2. The quantitative estimate of drug-likeness (QED) is 0.876. The molecule has 4 rings (SSSR count). The first kappa shape index (κ1) is 13.1. The Morgan fingerprint density at radius 1 is 1.48 bits per heavy atom. The van der Waals surface area contributed by atoms with Gasteiger partial charge in [0.05, 0.1) is 23.9 Å². The molecule has 0 bridgehead atoms. The second kappa shape index (κ2) is 5.00. The molecule has 3 heterocycles. The van der Waals surface area contributed by atoms with E-state index >= 15 is 0 Å². The van der Waals surface area contributed by atoms with Crippen LogP contribution < -0.4 is 10.1 Å². The lowest BCUT2D eigenvalue weighted by molar-refractivity contribution is 0.0926. The van der Waals surface area contributed by atoms with Gasteiger partial charge in [0.2, 0.25) is 0 Å². The Balaban J connectivity index is 1.82. The van der Waals surface area contributed by atoms with E-state index in [0.717, 1.165) is 35.6 Å². The van der Waals surface area contributed by atoms with Crippen molar-refractivity contribution in [1.82, 2.24) is 15.1 Å². The predicted molar refractivity (Wildman–Crippen MR) is 80.7 cm³/mol. The number of aliphatic hydroxyl groups is 1. The fourth-order valence-corrected chi connectivity index (χ4v) is 3.56. The Bertz CT molecular complexity index is 674. The molecule has 2 aromatic rings. The summed E-state index contributed by atoms with van der Waals surface area (Å²) in [4.78, 5) is 0. The highest BCUT2D eigenvalue weighted by Crippen LogP contribution is 2.33. The average molecular weight is 287 g/mol. The molecule has 2 aliphatic heterocycles. The number of aliphatic hydroxyl groups excluding tert-OH is 1. The van der Waals surface area contributed by atoms with Gasteiger partial charge in [0.1, 0.15) is 12.4 Å². The Labute approximate surface area is 123 Å². The number of benzene rings is 1. The molecule has 5 nitrogen and oxygen atoms in total. The van der Waals surface area contributed by atoms with Gasteiger partial charge in [-0.15, -0.1) is 0 Å². The van der Waals surface area contributed by atoms with Crippen molar-refractivity contribution < 1.29 is 9.84 Å². The molecule has 2 N–H and O–H groups in total. The van der Waals surface area contributed by atoms with Crippen molar-refractivity contribution in [3.05, 3.63) is 23.4 Å². The van der Waals surface area contributed by atoms with Crippen LogP contribution in [0.2, 0.25) is 0 Å². The van der Waals surface area contributed by atoms with E-state index in [0.29, 0.717) is 19.1 Å². The lowest BCUT2D eigenvalue weighted by Crippen LogP contribution is -2.28. The number of nitrogens with zero attached hydrogens (tertiary/aromatic N) is 2. The molecule has 2 aliphatic rings. The molecule has 0 aliphatic carbocycles. The first-order valence-corrected chi connectivity index (χ1v) is 7.75. The molecule has 1 fully saturated rings. The molecule has 1 saturated heterocycles. The summed E-state index contributed by atoms with van der Waals surface area (Å²) >= 11 is 0. The summed E-state index contributed by atoms with van der Waals surface area (Å²) < 4.78 is 7.78. The van der Waals surface area contributed by atoms with Crippen LogP contribution in [0.25, 0.3) is 10.9 Å². The summed E-state index contributed by atoms with van der Waals surface area (Å²) in [5.74, 6) is 0.897. The van der Waals surface area contributed by atoms with E-state index in [2.05, 4.69) is 16.1 Å². The van der Waals surface area contributed by atoms with E-state index in [1.54, 1.807) is 0 Å². The highest BCUT2D eigenvalue weighted by molar-refractivity contribution is 5.87. The number of ether oxygens (including phenoxy) is 1. The highest BCUT2D eigenvalue weighted by Gasteiger charge is 2.24. The van der Waals surface area contributed by atoms with Gasteiger partial charge in [-0.25, -0.2) is 0 Å². The Kier molecular flexibility index (Phi) is 3.12. The number of aryl methyl sites for hydroxylation is 1. The van der Waals surface area contributed by atoms with E-state index in [1.807, 2.05) is 13.0 Å². The Morgan fingerprint density at radius 3 is 3.19 bits per heavy atom. The minimum atomic E-state index is -0.420. The lowest BCUT2D eigenvalue weighted by atomic mass is 10.0. The maximum atomic E-state index is 9.93. The second-order valence-corrected chi connectivity index (χ2v) is 6.17. The van der Waals surface area contributed by atoms with Crippen molar-refractivity contribution in [2.24, 2.45) is 0 Å². The van der Waals surface area contributed by atoms with Crippen LogP contribution in [-0.2, 0) is 13.0 Å². The van der Waals surface area contributed by atoms with Crippen molar-refractivity contribution in [2.45, 2.75) is 44.9 Å². The van der Waals surface area contributed by atoms with Crippen molar-refractivity contribution in [2.75, 3.05) is 13.2 Å².